The molecule has 0 saturated heterocycles. The first-order valence-corrected chi connectivity index (χ1v) is 6.04. The summed E-state index contributed by atoms with van der Waals surface area (Å²) in [6.07, 6.45) is 1.24. The number of aliphatic hydroxyl groups excluding tert-OH is 1. The van der Waals surface area contributed by atoms with Crippen LogP contribution >= 0.6 is 0 Å². The average Bonchev–Trinajstić information content (AvgIpc) is 2.95. The number of aromatic amines is 1. The molecule has 0 fully saturated rings. The van der Waals surface area contributed by atoms with Crippen LogP contribution in [0.4, 0.5) is 5.82 Å². The third-order valence-corrected chi connectivity index (χ3v) is 3.28. The van der Waals surface area contributed by atoms with Crippen LogP contribution in [0.2, 0.25) is 0 Å². The van der Waals surface area contributed by atoms with Crippen LogP contribution in [0.5, 0.6) is 0 Å². The molecule has 3 rings (SSSR count). The summed E-state index contributed by atoms with van der Waals surface area (Å²) in [5, 5.41) is 22.2. The number of rotatable bonds is 3. The summed E-state index contributed by atoms with van der Waals surface area (Å²) in [5.41, 5.74) is 8.21. The van der Waals surface area contributed by atoms with Gasteiger partial charge in [0.2, 0.25) is 0 Å². The van der Waals surface area contributed by atoms with E-state index in [9.17, 15) is 5.11 Å². The smallest absolute Gasteiger partial charge is 0.124 e. The third-order valence-electron chi connectivity index (χ3n) is 3.28. The van der Waals surface area contributed by atoms with Crippen molar-refractivity contribution in [3.63, 3.8) is 0 Å². The lowest BCUT2D eigenvalue weighted by atomic mass is 10.1. The molecular formula is C13H15N5O. The van der Waals surface area contributed by atoms with E-state index in [4.69, 9.17) is 5.73 Å². The van der Waals surface area contributed by atoms with Gasteiger partial charge in [0.1, 0.15) is 5.82 Å². The van der Waals surface area contributed by atoms with Gasteiger partial charge in [-0.2, -0.15) is 10.2 Å². The van der Waals surface area contributed by atoms with Crippen molar-refractivity contribution >= 4 is 16.7 Å². The molecule has 6 heteroatoms. The van der Waals surface area contributed by atoms with Crippen molar-refractivity contribution in [2.45, 2.75) is 12.5 Å². The predicted molar refractivity (Wildman–Crippen MR) is 72.4 cm³/mol. The molecule has 0 spiro atoms. The summed E-state index contributed by atoms with van der Waals surface area (Å²) in [5.74, 6) is 0.396. The number of nitrogen functional groups attached to an aromatic ring is 1. The molecule has 2 heterocycles. The molecule has 4 N–H and O–H groups in total. The highest BCUT2D eigenvalue weighted by atomic mass is 16.3. The SMILES string of the molecule is Cn1nc(CC(O)c2cn[nH]c2N)c2ccccc21. The van der Waals surface area contributed by atoms with Crippen molar-refractivity contribution in [2.24, 2.45) is 7.05 Å². The van der Waals surface area contributed by atoms with Gasteiger partial charge in [-0.15, -0.1) is 0 Å². The number of nitrogens with one attached hydrogen (secondary N) is 1. The van der Waals surface area contributed by atoms with Crippen LogP contribution in [0.15, 0.2) is 30.5 Å². The third kappa shape index (κ3) is 1.96. The van der Waals surface area contributed by atoms with Gasteiger partial charge in [-0.05, 0) is 6.07 Å². The molecule has 0 aliphatic heterocycles. The first kappa shape index (κ1) is 11.7. The van der Waals surface area contributed by atoms with Crippen molar-refractivity contribution in [2.75, 3.05) is 5.73 Å². The fourth-order valence-corrected chi connectivity index (χ4v) is 2.30. The molecule has 0 radical (unpaired) electrons. The molecule has 1 atom stereocenters. The molecule has 1 aromatic carbocycles. The van der Waals surface area contributed by atoms with Crippen molar-refractivity contribution in [1.82, 2.24) is 20.0 Å². The first-order valence-electron chi connectivity index (χ1n) is 6.04. The predicted octanol–water partition coefficient (Wildman–Crippen LogP) is 1.15. The van der Waals surface area contributed by atoms with Crippen LogP contribution in [0.25, 0.3) is 10.9 Å². The van der Waals surface area contributed by atoms with Crippen LogP contribution < -0.4 is 5.73 Å². The van der Waals surface area contributed by atoms with Crippen LogP contribution in [0, 0.1) is 0 Å². The molecule has 0 aliphatic carbocycles. The summed E-state index contributed by atoms with van der Waals surface area (Å²) < 4.78 is 1.82. The Balaban J connectivity index is 1.96. The lowest BCUT2D eigenvalue weighted by Crippen LogP contribution is -2.05. The zero-order valence-electron chi connectivity index (χ0n) is 10.5. The highest BCUT2D eigenvalue weighted by Crippen LogP contribution is 2.25. The molecule has 3 aromatic rings. The first-order chi connectivity index (χ1) is 9.16. The number of H-pyrrole nitrogens is 1. The van der Waals surface area contributed by atoms with E-state index in [1.165, 1.54) is 0 Å². The zero-order valence-corrected chi connectivity index (χ0v) is 10.5. The minimum Gasteiger partial charge on any atom is -0.388 e. The highest BCUT2D eigenvalue weighted by molar-refractivity contribution is 5.81. The number of aromatic nitrogens is 4. The second-order valence-corrected chi connectivity index (χ2v) is 4.55. The van der Waals surface area contributed by atoms with Gasteiger partial charge < -0.3 is 10.8 Å². The number of hydrogen-bond acceptors (Lipinski definition) is 4. The maximum absolute atomic E-state index is 10.2. The van der Waals surface area contributed by atoms with Crippen molar-refractivity contribution in [1.29, 1.82) is 0 Å². The lowest BCUT2D eigenvalue weighted by molar-refractivity contribution is 0.178. The maximum Gasteiger partial charge on any atom is 0.124 e. The fraction of sp³-hybridized carbons (Fsp3) is 0.231. The molecule has 19 heavy (non-hydrogen) atoms. The number of nitrogens with two attached hydrogens (primary N) is 1. The van der Waals surface area contributed by atoms with E-state index in [2.05, 4.69) is 15.3 Å². The van der Waals surface area contributed by atoms with Crippen molar-refractivity contribution < 1.29 is 5.11 Å². The quantitative estimate of drug-likeness (QED) is 0.656. The van der Waals surface area contributed by atoms with E-state index in [1.54, 1.807) is 6.20 Å². The molecule has 0 saturated carbocycles. The van der Waals surface area contributed by atoms with Gasteiger partial charge in [-0.1, -0.05) is 18.2 Å². The Bertz CT molecular complexity index is 715. The molecule has 1 unspecified atom stereocenters. The monoisotopic (exact) mass is 257 g/mol. The molecular weight excluding hydrogens is 242 g/mol. The van der Waals surface area contributed by atoms with Crippen molar-refractivity contribution in [3.8, 4) is 0 Å². The molecule has 0 bridgehead atoms. The van der Waals surface area contributed by atoms with Crippen LogP contribution in [0.3, 0.4) is 0 Å². The number of hydrogen-bond donors (Lipinski definition) is 3. The molecule has 6 nitrogen and oxygen atoms in total. The minimum absolute atomic E-state index is 0.396. The number of benzene rings is 1. The number of aliphatic hydroxyl groups is 1. The summed E-state index contributed by atoms with van der Waals surface area (Å²) in [4.78, 5) is 0. The van der Waals surface area contributed by atoms with Crippen LogP contribution in [0.1, 0.15) is 17.4 Å². The lowest BCUT2D eigenvalue weighted by Gasteiger charge is -2.07. The van der Waals surface area contributed by atoms with Gasteiger partial charge in [0.15, 0.2) is 0 Å². The zero-order chi connectivity index (χ0) is 13.4. The topological polar surface area (TPSA) is 92.7 Å². The summed E-state index contributed by atoms with van der Waals surface area (Å²) in [6, 6.07) is 7.94. The minimum atomic E-state index is -0.711. The van der Waals surface area contributed by atoms with E-state index < -0.39 is 6.10 Å². The number of nitrogens with zero attached hydrogens (tertiary/aromatic N) is 3. The number of aryl methyl sites for hydroxylation is 1. The molecule has 98 valence electrons. The fourth-order valence-electron chi connectivity index (χ4n) is 2.30. The second kappa shape index (κ2) is 4.40. The molecule has 0 aliphatic rings. The van der Waals surface area contributed by atoms with Gasteiger partial charge in [0.05, 0.1) is 23.5 Å². The molecule has 2 aromatic heterocycles. The Morgan fingerprint density at radius 3 is 2.95 bits per heavy atom. The normalized spacial score (nSPS) is 12.9. The van der Waals surface area contributed by atoms with E-state index in [0.29, 0.717) is 17.8 Å². The average molecular weight is 257 g/mol. The number of para-hydroxylation sites is 1. The van der Waals surface area contributed by atoms with Gasteiger partial charge in [-0.25, -0.2) is 0 Å². The Kier molecular flexibility index (Phi) is 2.72. The Morgan fingerprint density at radius 2 is 2.21 bits per heavy atom. The Morgan fingerprint density at radius 1 is 1.42 bits per heavy atom. The van der Waals surface area contributed by atoms with Gasteiger partial charge in [-0.3, -0.25) is 9.78 Å². The van der Waals surface area contributed by atoms with Gasteiger partial charge in [0.25, 0.3) is 0 Å². The summed E-state index contributed by atoms with van der Waals surface area (Å²) >= 11 is 0. The van der Waals surface area contributed by atoms with E-state index in [-0.39, 0.29) is 0 Å². The highest BCUT2D eigenvalue weighted by Gasteiger charge is 2.17. The molecule has 0 amide bonds. The van der Waals surface area contributed by atoms with E-state index in [0.717, 1.165) is 16.6 Å². The van der Waals surface area contributed by atoms with Crippen LogP contribution in [-0.4, -0.2) is 25.1 Å². The van der Waals surface area contributed by atoms with Gasteiger partial charge in [0, 0.05) is 24.4 Å². The second-order valence-electron chi connectivity index (χ2n) is 4.55. The van der Waals surface area contributed by atoms with Gasteiger partial charge >= 0.3 is 0 Å². The standard InChI is InChI=1S/C13H15N5O/c1-18-11-5-3-2-4-8(11)10(17-18)6-12(19)9-7-15-16-13(9)14/h2-5,7,12,19H,6H2,1H3,(H3,14,15,16). The maximum atomic E-state index is 10.2. The summed E-state index contributed by atoms with van der Waals surface area (Å²) in [6.45, 7) is 0. The number of fused-ring (bicyclic) bond motifs is 1. The number of anilines is 1. The van der Waals surface area contributed by atoms with E-state index in [1.807, 2.05) is 36.0 Å². The van der Waals surface area contributed by atoms with Crippen LogP contribution in [-0.2, 0) is 13.5 Å². The van der Waals surface area contributed by atoms with E-state index >= 15 is 0 Å². The largest absolute Gasteiger partial charge is 0.388 e. The summed E-state index contributed by atoms with van der Waals surface area (Å²) in [7, 11) is 1.89. The van der Waals surface area contributed by atoms with Crippen molar-refractivity contribution in [3.05, 3.63) is 41.7 Å². The Hall–Kier alpha value is -2.34. The Labute approximate surface area is 109 Å².